The first-order valence-corrected chi connectivity index (χ1v) is 8.70. The number of carbonyl (C=O) groups is 2. The molecule has 2 aromatic rings. The molecular formula is C21H20N2O4. The molecule has 0 saturated carbocycles. The molecule has 0 radical (unpaired) electrons. The number of nitriles is 1. The highest BCUT2D eigenvalue weighted by atomic mass is 16.5. The molecule has 0 spiro atoms. The van der Waals surface area contributed by atoms with Gasteiger partial charge in [-0.15, -0.1) is 0 Å². The largest absolute Gasteiger partial charge is 0.480 e. The van der Waals surface area contributed by atoms with E-state index in [0.717, 1.165) is 22.3 Å². The molecule has 1 amide bonds. The molecule has 1 unspecified atom stereocenters. The summed E-state index contributed by atoms with van der Waals surface area (Å²) in [5.74, 6) is -1.30. The summed E-state index contributed by atoms with van der Waals surface area (Å²) in [7, 11) is 0. The van der Waals surface area contributed by atoms with Gasteiger partial charge in [0.2, 0.25) is 0 Å². The van der Waals surface area contributed by atoms with Gasteiger partial charge < -0.3 is 15.2 Å². The van der Waals surface area contributed by atoms with E-state index in [2.05, 4.69) is 5.32 Å². The van der Waals surface area contributed by atoms with Gasteiger partial charge in [-0.25, -0.2) is 9.59 Å². The average molecular weight is 364 g/mol. The predicted octanol–water partition coefficient (Wildman–Crippen LogP) is 3.67. The molecule has 0 aliphatic heterocycles. The molecule has 6 heteroatoms. The Kier molecular flexibility index (Phi) is 5.13. The number of benzene rings is 2. The summed E-state index contributed by atoms with van der Waals surface area (Å²) in [5, 5.41) is 20.4. The van der Waals surface area contributed by atoms with Gasteiger partial charge >= 0.3 is 12.1 Å². The number of amides is 1. The Morgan fingerprint density at radius 3 is 2.22 bits per heavy atom. The summed E-state index contributed by atoms with van der Waals surface area (Å²) < 4.78 is 5.37. The van der Waals surface area contributed by atoms with Crippen molar-refractivity contribution in [1.29, 1.82) is 5.26 Å². The van der Waals surface area contributed by atoms with Crippen molar-refractivity contribution in [3.8, 4) is 17.2 Å². The van der Waals surface area contributed by atoms with E-state index in [0.29, 0.717) is 0 Å². The second-order valence-corrected chi connectivity index (χ2v) is 6.75. The highest BCUT2D eigenvalue weighted by Gasteiger charge is 2.36. The van der Waals surface area contributed by atoms with Crippen LogP contribution in [0.15, 0.2) is 48.5 Å². The van der Waals surface area contributed by atoms with Crippen LogP contribution < -0.4 is 5.32 Å². The smallest absolute Gasteiger partial charge is 0.408 e. The fourth-order valence-electron chi connectivity index (χ4n) is 3.39. The molecule has 27 heavy (non-hydrogen) atoms. The van der Waals surface area contributed by atoms with Gasteiger partial charge in [0.1, 0.15) is 12.1 Å². The summed E-state index contributed by atoms with van der Waals surface area (Å²) in [6.07, 6.45) is -0.783. The number of ether oxygens (including phenoxy) is 1. The van der Waals surface area contributed by atoms with Crippen molar-refractivity contribution in [2.45, 2.75) is 31.2 Å². The minimum atomic E-state index is -1.54. The zero-order chi connectivity index (χ0) is 19.4. The first kappa shape index (κ1) is 18.5. The van der Waals surface area contributed by atoms with E-state index in [1.807, 2.05) is 54.6 Å². The minimum absolute atomic E-state index is 0.00300. The predicted molar refractivity (Wildman–Crippen MR) is 99.1 cm³/mol. The van der Waals surface area contributed by atoms with Crippen molar-refractivity contribution >= 4 is 12.1 Å². The summed E-state index contributed by atoms with van der Waals surface area (Å²) in [6, 6.07) is 17.8. The van der Waals surface area contributed by atoms with Gasteiger partial charge in [-0.1, -0.05) is 48.5 Å². The molecule has 1 aliphatic carbocycles. The SMILES string of the molecule is CC(CCC#N)(NC(=O)OCC1c2ccccc2-c2ccccc21)C(=O)O. The normalized spacial score (nSPS) is 14.4. The van der Waals surface area contributed by atoms with Crippen LogP contribution in [0.5, 0.6) is 0 Å². The van der Waals surface area contributed by atoms with Crippen LogP contribution >= 0.6 is 0 Å². The van der Waals surface area contributed by atoms with Crippen molar-refractivity contribution in [3.63, 3.8) is 0 Å². The molecule has 2 N–H and O–H groups in total. The van der Waals surface area contributed by atoms with Gasteiger partial charge in [-0.3, -0.25) is 0 Å². The van der Waals surface area contributed by atoms with Crippen molar-refractivity contribution in [2.75, 3.05) is 6.61 Å². The van der Waals surface area contributed by atoms with Gasteiger partial charge in [0.15, 0.2) is 0 Å². The monoisotopic (exact) mass is 364 g/mol. The van der Waals surface area contributed by atoms with Crippen LogP contribution in [0.4, 0.5) is 4.79 Å². The maximum atomic E-state index is 12.2. The first-order chi connectivity index (χ1) is 13.0. The Balaban J connectivity index is 1.72. The van der Waals surface area contributed by atoms with E-state index in [1.54, 1.807) is 0 Å². The summed E-state index contributed by atoms with van der Waals surface area (Å²) >= 11 is 0. The Hall–Kier alpha value is -3.33. The van der Waals surface area contributed by atoms with E-state index in [4.69, 9.17) is 10.00 Å². The maximum absolute atomic E-state index is 12.2. The lowest BCUT2D eigenvalue weighted by molar-refractivity contribution is -0.144. The Bertz CT molecular complexity index is 873. The third kappa shape index (κ3) is 3.63. The van der Waals surface area contributed by atoms with E-state index >= 15 is 0 Å². The average Bonchev–Trinajstić information content (AvgIpc) is 2.98. The number of nitrogens with one attached hydrogen (secondary N) is 1. The van der Waals surface area contributed by atoms with Gasteiger partial charge in [0, 0.05) is 12.3 Å². The van der Waals surface area contributed by atoms with Gasteiger partial charge in [0.25, 0.3) is 0 Å². The Morgan fingerprint density at radius 2 is 1.70 bits per heavy atom. The molecule has 2 aromatic carbocycles. The zero-order valence-electron chi connectivity index (χ0n) is 14.9. The molecule has 0 fully saturated rings. The second-order valence-electron chi connectivity index (χ2n) is 6.75. The molecule has 1 aliphatic rings. The second kappa shape index (κ2) is 7.50. The van der Waals surface area contributed by atoms with Crippen molar-refractivity contribution in [2.24, 2.45) is 0 Å². The first-order valence-electron chi connectivity index (χ1n) is 8.70. The molecule has 6 nitrogen and oxygen atoms in total. The number of hydrogen-bond donors (Lipinski definition) is 2. The third-order valence-electron chi connectivity index (χ3n) is 4.93. The molecular weight excluding hydrogens is 344 g/mol. The van der Waals surface area contributed by atoms with Gasteiger partial charge in [-0.05, 0) is 35.6 Å². The molecule has 0 aromatic heterocycles. The summed E-state index contributed by atoms with van der Waals surface area (Å²) in [5.41, 5.74) is 2.85. The molecule has 0 heterocycles. The van der Waals surface area contributed by atoms with Crippen molar-refractivity contribution in [3.05, 3.63) is 59.7 Å². The van der Waals surface area contributed by atoms with E-state index in [1.165, 1.54) is 6.92 Å². The van der Waals surface area contributed by atoms with Crippen molar-refractivity contribution in [1.82, 2.24) is 5.32 Å². The third-order valence-corrected chi connectivity index (χ3v) is 4.93. The van der Waals surface area contributed by atoms with Crippen molar-refractivity contribution < 1.29 is 19.4 Å². The van der Waals surface area contributed by atoms with Crippen LogP contribution in [-0.4, -0.2) is 29.3 Å². The van der Waals surface area contributed by atoms with Gasteiger partial charge in [-0.2, -0.15) is 5.26 Å². The topological polar surface area (TPSA) is 99.4 Å². The van der Waals surface area contributed by atoms with E-state index in [9.17, 15) is 14.7 Å². The number of nitrogens with zero attached hydrogens (tertiary/aromatic N) is 1. The van der Waals surface area contributed by atoms with E-state index < -0.39 is 17.6 Å². The fourth-order valence-corrected chi connectivity index (χ4v) is 3.39. The number of alkyl carbamates (subject to hydrolysis) is 1. The van der Waals surface area contributed by atoms with Crippen LogP contribution in [0.25, 0.3) is 11.1 Å². The minimum Gasteiger partial charge on any atom is -0.480 e. The Labute approximate surface area is 157 Å². The fraction of sp³-hybridized carbons (Fsp3) is 0.286. The highest BCUT2D eigenvalue weighted by Crippen LogP contribution is 2.44. The number of carboxylic acids is 1. The molecule has 138 valence electrons. The zero-order valence-corrected chi connectivity index (χ0v) is 14.9. The van der Waals surface area contributed by atoms with Gasteiger partial charge in [0.05, 0.1) is 6.07 Å². The lowest BCUT2D eigenvalue weighted by atomic mass is 9.96. The van der Waals surface area contributed by atoms with Crippen LogP contribution in [0.1, 0.15) is 36.8 Å². The van der Waals surface area contributed by atoms with E-state index in [-0.39, 0.29) is 25.4 Å². The number of carboxylic acid groups (broad SMARTS) is 1. The molecule has 0 bridgehead atoms. The number of carbonyl (C=O) groups excluding carboxylic acids is 1. The lowest BCUT2D eigenvalue weighted by Crippen LogP contribution is -2.52. The lowest BCUT2D eigenvalue weighted by Gasteiger charge is -2.25. The van der Waals surface area contributed by atoms with Crippen LogP contribution in [0.3, 0.4) is 0 Å². The molecule has 3 rings (SSSR count). The maximum Gasteiger partial charge on any atom is 0.408 e. The standard InChI is InChI=1S/C21H20N2O4/c1-21(19(24)25,11-6-12-22)23-20(26)27-13-18-16-9-4-2-7-14(16)15-8-3-5-10-17(15)18/h2-5,7-10,18H,6,11,13H2,1H3,(H,23,26)(H,24,25). The summed E-state index contributed by atoms with van der Waals surface area (Å²) in [4.78, 5) is 23.7. The number of fused-ring (bicyclic) bond motifs is 3. The number of rotatable bonds is 6. The van der Waals surface area contributed by atoms with Crippen LogP contribution in [0, 0.1) is 11.3 Å². The number of aliphatic carboxylic acids is 1. The van der Waals surface area contributed by atoms with Crippen LogP contribution in [0.2, 0.25) is 0 Å². The quantitative estimate of drug-likeness (QED) is 0.815. The Morgan fingerprint density at radius 1 is 1.15 bits per heavy atom. The van der Waals surface area contributed by atoms with Crippen LogP contribution in [-0.2, 0) is 9.53 Å². The molecule has 0 saturated heterocycles. The molecule has 1 atom stereocenters. The number of hydrogen-bond acceptors (Lipinski definition) is 4. The highest BCUT2D eigenvalue weighted by molar-refractivity contribution is 5.84. The summed E-state index contributed by atoms with van der Waals surface area (Å²) in [6.45, 7) is 1.47.